The van der Waals surface area contributed by atoms with Crippen LogP contribution in [0.3, 0.4) is 0 Å². The number of likely N-dealkylation sites (N-methyl/N-ethyl adjacent to an activating group) is 2. The Morgan fingerprint density at radius 2 is 1.08 bits per heavy atom. The number of halogens is 2. The quantitative estimate of drug-likeness (QED) is 0.168. The van der Waals surface area contributed by atoms with E-state index in [2.05, 4.69) is 0 Å². The first-order valence-electron chi connectivity index (χ1n) is 15.8. The summed E-state index contributed by atoms with van der Waals surface area (Å²) in [6.07, 6.45) is -2.05. The van der Waals surface area contributed by atoms with E-state index >= 15 is 0 Å². The van der Waals surface area contributed by atoms with Gasteiger partial charge in [-0.3, -0.25) is 9.59 Å². The Kier molecular flexibility index (Phi) is 9.23. The second-order valence-corrected chi connectivity index (χ2v) is 12.7. The topological polar surface area (TPSA) is 135 Å². The highest BCUT2D eigenvalue weighted by molar-refractivity contribution is 6.31. The highest BCUT2D eigenvalue weighted by atomic mass is 35.5. The predicted molar refractivity (Wildman–Crippen MR) is 187 cm³/mol. The van der Waals surface area contributed by atoms with Crippen molar-refractivity contribution in [3.05, 3.63) is 105 Å². The number of aromatic hydroxyl groups is 2. The molecule has 4 aromatic carbocycles. The number of hydrogen-bond donors (Lipinski definition) is 2. The first-order valence-corrected chi connectivity index (χ1v) is 16.6. The van der Waals surface area contributed by atoms with Crippen molar-refractivity contribution in [3.63, 3.8) is 0 Å². The maximum atomic E-state index is 14.5. The van der Waals surface area contributed by atoms with Crippen molar-refractivity contribution in [2.75, 3.05) is 37.1 Å². The molecule has 2 atom stereocenters. The van der Waals surface area contributed by atoms with Crippen LogP contribution in [0.2, 0.25) is 10.0 Å². The number of fused-ring (bicyclic) bond motifs is 2. The molecule has 2 aliphatic heterocycles. The van der Waals surface area contributed by atoms with Gasteiger partial charge in [-0.1, -0.05) is 47.5 Å². The number of anilines is 2. The molecule has 0 bridgehead atoms. The number of methoxy groups -OCH3 is 2. The van der Waals surface area contributed by atoms with Gasteiger partial charge in [0.15, 0.2) is 23.0 Å². The fraction of sp³-hybridized carbons (Fsp3) is 0.270. The minimum absolute atomic E-state index is 0.145. The zero-order valence-electron chi connectivity index (χ0n) is 27.7. The van der Waals surface area contributed by atoms with Gasteiger partial charge in [0.05, 0.1) is 25.6 Å². The zero-order valence-corrected chi connectivity index (χ0v) is 29.2. The van der Waals surface area contributed by atoms with Crippen LogP contribution in [-0.2, 0) is 43.1 Å². The zero-order chi connectivity index (χ0) is 36.0. The van der Waals surface area contributed by atoms with Crippen LogP contribution in [0.5, 0.6) is 23.0 Å². The van der Waals surface area contributed by atoms with Gasteiger partial charge < -0.3 is 39.0 Å². The largest absolute Gasteiger partial charge is 0.511 e. The number of rotatable bonds is 10. The maximum absolute atomic E-state index is 14.5. The lowest BCUT2D eigenvalue weighted by atomic mass is 9.87. The van der Waals surface area contributed by atoms with Gasteiger partial charge in [-0.2, -0.15) is 0 Å². The highest BCUT2D eigenvalue weighted by Crippen LogP contribution is 2.51. The molecule has 0 aliphatic carbocycles. The Labute approximate surface area is 298 Å². The van der Waals surface area contributed by atoms with Gasteiger partial charge in [-0.25, -0.2) is 4.79 Å². The van der Waals surface area contributed by atoms with Crippen molar-refractivity contribution in [2.45, 2.75) is 37.9 Å². The predicted octanol–water partition coefficient (Wildman–Crippen LogP) is 6.88. The normalized spacial score (nSPS) is 19.3. The molecular formula is C37H34Cl2N2O9. The van der Waals surface area contributed by atoms with Crippen LogP contribution in [0.1, 0.15) is 36.1 Å². The Hall–Kier alpha value is -5.13. The molecule has 2 aliphatic rings. The van der Waals surface area contributed by atoms with Crippen LogP contribution in [-0.4, -0.2) is 55.5 Å². The summed E-state index contributed by atoms with van der Waals surface area (Å²) in [6, 6.07) is 19.1. The van der Waals surface area contributed by atoms with Gasteiger partial charge in [0.2, 0.25) is 11.2 Å². The first kappa shape index (κ1) is 34.7. The van der Waals surface area contributed by atoms with Crippen LogP contribution in [0.25, 0.3) is 0 Å². The Morgan fingerprint density at radius 3 is 1.44 bits per heavy atom. The van der Waals surface area contributed by atoms with Gasteiger partial charge in [0.25, 0.3) is 11.8 Å². The minimum Gasteiger partial charge on any atom is -0.504 e. The van der Waals surface area contributed by atoms with Crippen LogP contribution in [0.15, 0.2) is 72.8 Å². The lowest BCUT2D eigenvalue weighted by Gasteiger charge is -2.33. The fourth-order valence-corrected chi connectivity index (χ4v) is 7.19. The van der Waals surface area contributed by atoms with Crippen LogP contribution < -0.4 is 19.3 Å². The van der Waals surface area contributed by atoms with E-state index in [0.29, 0.717) is 11.4 Å². The van der Waals surface area contributed by atoms with Gasteiger partial charge in [0.1, 0.15) is 0 Å². The minimum atomic E-state index is -2.10. The summed E-state index contributed by atoms with van der Waals surface area (Å²) in [5.74, 6) is -1.46. The molecule has 0 aromatic heterocycles. The number of carbonyl (C=O) groups excluding carboxylic acids is 3. The van der Waals surface area contributed by atoms with E-state index < -0.39 is 29.2 Å². The smallest absolute Gasteiger partial charge is 0.504 e. The summed E-state index contributed by atoms with van der Waals surface area (Å²) in [5, 5.41) is 22.7. The number of phenols is 2. The number of carbonyl (C=O) groups is 3. The van der Waals surface area contributed by atoms with Crippen LogP contribution in [0, 0.1) is 0 Å². The molecule has 2 N–H and O–H groups in total. The summed E-state index contributed by atoms with van der Waals surface area (Å²) in [6.45, 7) is 3.96. The molecule has 6 rings (SSSR count). The van der Waals surface area contributed by atoms with Crippen molar-refractivity contribution in [2.24, 2.45) is 0 Å². The van der Waals surface area contributed by atoms with E-state index in [-0.39, 0.29) is 81.2 Å². The summed E-state index contributed by atoms with van der Waals surface area (Å²) < 4.78 is 22.9. The number of ether oxygens (including phenoxy) is 4. The number of phenolic OH excluding ortho intramolecular Hbond substituents is 2. The lowest BCUT2D eigenvalue weighted by Crippen LogP contribution is -2.49. The molecule has 13 heteroatoms. The summed E-state index contributed by atoms with van der Waals surface area (Å²) in [7, 11) is 2.78. The second kappa shape index (κ2) is 13.3. The fourth-order valence-electron chi connectivity index (χ4n) is 6.85. The molecule has 11 nitrogen and oxygen atoms in total. The highest BCUT2D eigenvalue weighted by Gasteiger charge is 2.58. The standard InChI is InChI=1S/C37H34Cl2N2O9/c1-5-40-27-15-13-23(38)17-25(27)36(33(40)44,19-21-9-7-11-29(47-3)31(21)42)49-35(46)50-37(20-22-10-8-12-30(48-4)32(22)43)26-18-24(39)14-16-28(26)41(6-2)34(37)45/h7-18,42-43H,5-6,19-20H2,1-4H3. The summed E-state index contributed by atoms with van der Waals surface area (Å²) in [4.78, 5) is 46.2. The van der Waals surface area contributed by atoms with E-state index in [0.717, 1.165) is 0 Å². The van der Waals surface area contributed by atoms with E-state index in [4.69, 9.17) is 42.1 Å². The molecule has 0 spiro atoms. The summed E-state index contributed by atoms with van der Waals surface area (Å²) >= 11 is 12.9. The Morgan fingerprint density at radius 1 is 0.680 bits per heavy atom. The number of nitrogens with zero attached hydrogens (tertiary/aromatic N) is 2. The van der Waals surface area contributed by atoms with Crippen molar-refractivity contribution in [1.29, 1.82) is 0 Å². The number of para-hydroxylation sites is 2. The van der Waals surface area contributed by atoms with E-state index in [1.807, 2.05) is 0 Å². The lowest BCUT2D eigenvalue weighted by molar-refractivity contribution is -0.150. The average Bonchev–Trinajstić information content (AvgIpc) is 3.45. The molecule has 0 saturated carbocycles. The monoisotopic (exact) mass is 720 g/mol. The van der Waals surface area contributed by atoms with Crippen molar-refractivity contribution < 1.29 is 43.5 Å². The van der Waals surface area contributed by atoms with E-state index in [9.17, 15) is 24.6 Å². The molecular weight excluding hydrogens is 687 g/mol. The van der Waals surface area contributed by atoms with E-state index in [1.165, 1.54) is 36.2 Å². The average molecular weight is 722 g/mol. The third-order valence-corrected chi connectivity index (χ3v) is 9.65. The molecule has 50 heavy (non-hydrogen) atoms. The Bertz CT molecular complexity index is 1880. The van der Waals surface area contributed by atoms with Crippen LogP contribution in [0.4, 0.5) is 16.2 Å². The SMILES string of the molecule is CCN1C(=O)C(Cc2cccc(OC)c2O)(OC(=O)OC2(Cc3cccc(OC)c3O)C(=O)N(CC)c3ccc(Cl)cc32)c2cc(Cl)ccc21. The first-order chi connectivity index (χ1) is 23.9. The molecule has 0 fully saturated rings. The number of amides is 2. The van der Waals surface area contributed by atoms with E-state index in [1.54, 1.807) is 74.5 Å². The molecule has 0 saturated heterocycles. The Balaban J connectivity index is 1.51. The second-order valence-electron chi connectivity index (χ2n) is 11.8. The third-order valence-electron chi connectivity index (χ3n) is 9.18. The number of benzene rings is 4. The molecule has 2 heterocycles. The van der Waals surface area contributed by atoms with Crippen molar-refractivity contribution >= 4 is 52.5 Å². The molecule has 2 amide bonds. The van der Waals surface area contributed by atoms with Gasteiger partial charge >= 0.3 is 6.16 Å². The molecule has 260 valence electrons. The molecule has 2 unspecified atom stereocenters. The van der Waals surface area contributed by atoms with Crippen molar-refractivity contribution in [3.8, 4) is 23.0 Å². The van der Waals surface area contributed by atoms with Crippen molar-refractivity contribution in [1.82, 2.24) is 0 Å². The molecule has 0 radical (unpaired) electrons. The van der Waals surface area contributed by atoms with Gasteiger partial charge in [-0.05, 0) is 62.4 Å². The van der Waals surface area contributed by atoms with Gasteiger partial charge in [0, 0.05) is 58.2 Å². The third kappa shape index (κ3) is 5.50. The molecule has 4 aromatic rings. The van der Waals surface area contributed by atoms with Crippen LogP contribution >= 0.6 is 23.2 Å². The number of hydrogen-bond acceptors (Lipinski definition) is 9. The summed E-state index contributed by atoms with van der Waals surface area (Å²) in [5.41, 5.74) is -2.33. The van der Waals surface area contributed by atoms with Gasteiger partial charge in [-0.15, -0.1) is 0 Å². The maximum Gasteiger partial charge on any atom is 0.511 e.